The minimum atomic E-state index is 0. The molecule has 0 aliphatic carbocycles. The molecule has 0 atom stereocenters. The van der Waals surface area contributed by atoms with E-state index in [1.165, 1.54) is 0 Å². The number of hydrogen-bond donors (Lipinski definition) is 2. The normalized spacial score (nSPS) is 17.1. The van der Waals surface area contributed by atoms with Gasteiger partial charge in [-0.2, -0.15) is 0 Å². The van der Waals surface area contributed by atoms with Crippen LogP contribution in [-0.4, -0.2) is 29.1 Å². The average Bonchev–Trinajstić information content (AvgIpc) is 2.21. The lowest BCUT2D eigenvalue weighted by Gasteiger charge is -2.23. The van der Waals surface area contributed by atoms with Crippen molar-refractivity contribution in [2.24, 2.45) is 0 Å². The van der Waals surface area contributed by atoms with Crippen LogP contribution in [0.1, 0.15) is 12.8 Å². The van der Waals surface area contributed by atoms with Crippen molar-refractivity contribution in [3.63, 3.8) is 0 Å². The Morgan fingerprint density at radius 3 is 2.50 bits per heavy atom. The Hall–Kier alpha value is -0.870. The third-order valence-electron chi connectivity index (χ3n) is 2.24. The van der Waals surface area contributed by atoms with Crippen molar-refractivity contribution in [1.82, 2.24) is 15.3 Å². The fourth-order valence-corrected chi connectivity index (χ4v) is 1.52. The zero-order valence-electron chi connectivity index (χ0n) is 7.94. The molecular weight excluding hydrogens is 200 g/mol. The Morgan fingerprint density at radius 2 is 1.86 bits per heavy atom. The van der Waals surface area contributed by atoms with Gasteiger partial charge in [0, 0.05) is 18.4 Å². The largest absolute Gasteiger partial charge is 0.351 e. The second kappa shape index (κ2) is 5.78. The first-order valence-corrected chi connectivity index (χ1v) is 4.69. The van der Waals surface area contributed by atoms with Crippen LogP contribution in [0, 0.1) is 0 Å². The van der Waals surface area contributed by atoms with Crippen molar-refractivity contribution in [3.05, 3.63) is 18.5 Å². The molecule has 1 fully saturated rings. The fourth-order valence-electron chi connectivity index (χ4n) is 1.52. The van der Waals surface area contributed by atoms with Gasteiger partial charge in [0.1, 0.15) is 0 Å². The Balaban J connectivity index is 0.000000980. The van der Waals surface area contributed by atoms with Gasteiger partial charge in [-0.15, -0.1) is 12.4 Å². The van der Waals surface area contributed by atoms with Crippen LogP contribution in [0.2, 0.25) is 0 Å². The van der Waals surface area contributed by atoms with Crippen molar-refractivity contribution in [2.75, 3.05) is 18.4 Å². The Kier molecular flexibility index (Phi) is 4.62. The van der Waals surface area contributed by atoms with Crippen LogP contribution in [0.4, 0.5) is 5.95 Å². The number of piperidine rings is 1. The molecule has 0 spiro atoms. The minimum Gasteiger partial charge on any atom is -0.351 e. The molecule has 1 aliphatic rings. The number of aromatic nitrogens is 2. The van der Waals surface area contributed by atoms with Crippen molar-refractivity contribution in [1.29, 1.82) is 0 Å². The van der Waals surface area contributed by atoms with Crippen LogP contribution in [0.15, 0.2) is 18.5 Å². The van der Waals surface area contributed by atoms with Crippen LogP contribution in [0.5, 0.6) is 0 Å². The van der Waals surface area contributed by atoms with Crippen molar-refractivity contribution in [3.8, 4) is 0 Å². The molecule has 2 rings (SSSR count). The number of rotatable bonds is 2. The van der Waals surface area contributed by atoms with Gasteiger partial charge in [0.2, 0.25) is 5.95 Å². The quantitative estimate of drug-likeness (QED) is 0.773. The number of nitrogens with zero attached hydrogens (tertiary/aromatic N) is 2. The summed E-state index contributed by atoms with van der Waals surface area (Å²) < 4.78 is 0. The highest BCUT2D eigenvalue weighted by atomic mass is 35.5. The molecule has 2 N–H and O–H groups in total. The monoisotopic (exact) mass is 214 g/mol. The van der Waals surface area contributed by atoms with Gasteiger partial charge in [0.25, 0.3) is 0 Å². The lowest BCUT2D eigenvalue weighted by Crippen LogP contribution is -2.35. The molecule has 0 amide bonds. The van der Waals surface area contributed by atoms with Crippen LogP contribution in [0.25, 0.3) is 0 Å². The first-order chi connectivity index (χ1) is 6.45. The van der Waals surface area contributed by atoms with Crippen LogP contribution < -0.4 is 10.6 Å². The maximum Gasteiger partial charge on any atom is 0.222 e. The molecule has 2 heterocycles. The van der Waals surface area contributed by atoms with Crippen molar-refractivity contribution < 1.29 is 0 Å². The molecule has 0 saturated carbocycles. The standard InChI is InChI=1S/C9H14N4.ClH/c1-4-11-9(12-5-1)13-8-2-6-10-7-3-8;/h1,4-5,8,10H,2-3,6-7H2,(H,11,12,13);1H. The topological polar surface area (TPSA) is 49.8 Å². The number of hydrogen-bond acceptors (Lipinski definition) is 4. The van der Waals surface area contributed by atoms with Gasteiger partial charge in [0.05, 0.1) is 0 Å². The average molecular weight is 215 g/mol. The molecule has 0 aromatic carbocycles. The summed E-state index contributed by atoms with van der Waals surface area (Å²) in [4.78, 5) is 8.26. The molecule has 1 aliphatic heterocycles. The highest BCUT2D eigenvalue weighted by Crippen LogP contribution is 2.07. The van der Waals surface area contributed by atoms with Crippen LogP contribution in [-0.2, 0) is 0 Å². The third kappa shape index (κ3) is 3.12. The van der Waals surface area contributed by atoms with E-state index < -0.39 is 0 Å². The minimum absolute atomic E-state index is 0. The predicted octanol–water partition coefficient (Wildman–Crippen LogP) is 1.06. The lowest BCUT2D eigenvalue weighted by molar-refractivity contribution is 0.477. The molecule has 1 aromatic rings. The number of nitrogens with one attached hydrogen (secondary N) is 2. The number of anilines is 1. The first kappa shape index (κ1) is 11.2. The highest BCUT2D eigenvalue weighted by Gasteiger charge is 2.12. The fraction of sp³-hybridized carbons (Fsp3) is 0.556. The number of halogens is 1. The van der Waals surface area contributed by atoms with Gasteiger partial charge >= 0.3 is 0 Å². The Labute approximate surface area is 89.9 Å². The van der Waals surface area contributed by atoms with Gasteiger partial charge in [0.15, 0.2) is 0 Å². The second-order valence-electron chi connectivity index (χ2n) is 3.24. The molecule has 1 aromatic heterocycles. The molecule has 0 unspecified atom stereocenters. The van der Waals surface area contributed by atoms with E-state index in [2.05, 4.69) is 20.6 Å². The summed E-state index contributed by atoms with van der Waals surface area (Å²) in [5.74, 6) is 0.745. The van der Waals surface area contributed by atoms with Crippen LogP contribution in [0.3, 0.4) is 0 Å². The summed E-state index contributed by atoms with van der Waals surface area (Å²) >= 11 is 0. The van der Waals surface area contributed by atoms with Gasteiger partial charge in [-0.1, -0.05) is 0 Å². The zero-order valence-corrected chi connectivity index (χ0v) is 8.76. The van der Waals surface area contributed by atoms with Gasteiger partial charge in [-0.05, 0) is 32.0 Å². The van der Waals surface area contributed by atoms with E-state index in [-0.39, 0.29) is 12.4 Å². The molecule has 5 heteroatoms. The summed E-state index contributed by atoms with van der Waals surface area (Å²) in [7, 11) is 0. The first-order valence-electron chi connectivity index (χ1n) is 4.69. The lowest BCUT2D eigenvalue weighted by atomic mass is 10.1. The molecular formula is C9H15ClN4. The summed E-state index contributed by atoms with van der Waals surface area (Å²) in [6.45, 7) is 2.18. The summed E-state index contributed by atoms with van der Waals surface area (Å²) in [6.07, 6.45) is 5.82. The van der Waals surface area contributed by atoms with E-state index in [1.54, 1.807) is 12.4 Å². The summed E-state index contributed by atoms with van der Waals surface area (Å²) in [6, 6.07) is 2.36. The molecule has 4 nitrogen and oxygen atoms in total. The molecule has 1 saturated heterocycles. The predicted molar refractivity (Wildman–Crippen MR) is 58.8 cm³/mol. The third-order valence-corrected chi connectivity index (χ3v) is 2.24. The van der Waals surface area contributed by atoms with E-state index in [1.807, 2.05) is 6.07 Å². The molecule has 78 valence electrons. The van der Waals surface area contributed by atoms with E-state index in [0.29, 0.717) is 6.04 Å². The van der Waals surface area contributed by atoms with Gasteiger partial charge in [-0.3, -0.25) is 0 Å². The second-order valence-corrected chi connectivity index (χ2v) is 3.24. The zero-order chi connectivity index (χ0) is 8.93. The smallest absolute Gasteiger partial charge is 0.222 e. The Morgan fingerprint density at radius 1 is 1.21 bits per heavy atom. The van der Waals surface area contributed by atoms with E-state index in [0.717, 1.165) is 31.9 Å². The SMILES string of the molecule is Cl.c1cnc(NC2CCNCC2)nc1. The van der Waals surface area contributed by atoms with E-state index in [4.69, 9.17) is 0 Å². The molecule has 0 radical (unpaired) electrons. The van der Waals surface area contributed by atoms with Crippen molar-refractivity contribution in [2.45, 2.75) is 18.9 Å². The highest BCUT2D eigenvalue weighted by molar-refractivity contribution is 5.85. The molecule has 0 bridgehead atoms. The maximum absolute atomic E-state index is 4.13. The summed E-state index contributed by atoms with van der Waals surface area (Å²) in [5, 5.41) is 6.64. The van der Waals surface area contributed by atoms with Gasteiger partial charge < -0.3 is 10.6 Å². The molecule has 14 heavy (non-hydrogen) atoms. The van der Waals surface area contributed by atoms with E-state index in [9.17, 15) is 0 Å². The van der Waals surface area contributed by atoms with E-state index >= 15 is 0 Å². The summed E-state index contributed by atoms with van der Waals surface area (Å²) in [5.41, 5.74) is 0. The van der Waals surface area contributed by atoms with Gasteiger partial charge in [-0.25, -0.2) is 9.97 Å². The Bertz CT molecular complexity index is 248. The van der Waals surface area contributed by atoms with Crippen molar-refractivity contribution >= 4 is 18.4 Å². The van der Waals surface area contributed by atoms with Crippen LogP contribution >= 0.6 is 12.4 Å². The maximum atomic E-state index is 4.13.